The first-order chi connectivity index (χ1) is 11.2. The molecule has 0 saturated heterocycles. The van der Waals surface area contributed by atoms with E-state index in [0.29, 0.717) is 41.6 Å². The minimum absolute atomic E-state index is 0.197. The third kappa shape index (κ3) is 2.40. The van der Waals surface area contributed by atoms with Gasteiger partial charge in [0.05, 0.1) is 7.11 Å². The third-order valence-electron chi connectivity index (χ3n) is 3.76. The molecule has 5 heteroatoms. The molecule has 0 saturated carbocycles. The van der Waals surface area contributed by atoms with E-state index in [0.717, 1.165) is 5.39 Å². The van der Waals surface area contributed by atoms with Gasteiger partial charge >= 0.3 is 0 Å². The molecule has 0 spiro atoms. The second-order valence-electron chi connectivity index (χ2n) is 5.20. The molecule has 0 fully saturated rings. The predicted molar refractivity (Wildman–Crippen MR) is 83.6 cm³/mol. The maximum atomic E-state index is 12.6. The Morgan fingerprint density at radius 1 is 1.00 bits per heavy atom. The number of benzene rings is 2. The molecular weight excluding hydrogens is 296 g/mol. The first-order valence-electron chi connectivity index (χ1n) is 7.26. The molecule has 4 rings (SSSR count). The van der Waals surface area contributed by atoms with Gasteiger partial charge in [-0.05, 0) is 36.4 Å². The predicted octanol–water partition coefficient (Wildman–Crippen LogP) is 3.44. The average molecular weight is 310 g/mol. The summed E-state index contributed by atoms with van der Waals surface area (Å²) >= 11 is 0. The summed E-state index contributed by atoms with van der Waals surface area (Å²) in [4.78, 5) is 12.6. The molecular formula is C18H14O5. The zero-order valence-electron chi connectivity index (χ0n) is 12.5. The van der Waals surface area contributed by atoms with Crippen LogP contribution in [0.5, 0.6) is 17.2 Å². The summed E-state index contributed by atoms with van der Waals surface area (Å²) in [6.45, 7) is 1.00. The monoisotopic (exact) mass is 310 g/mol. The summed E-state index contributed by atoms with van der Waals surface area (Å²) in [5.41, 5.74) is 1.12. The van der Waals surface area contributed by atoms with Crippen LogP contribution in [0, 0.1) is 0 Å². The van der Waals surface area contributed by atoms with Crippen LogP contribution in [0.2, 0.25) is 0 Å². The van der Waals surface area contributed by atoms with Crippen LogP contribution in [0.15, 0.2) is 46.9 Å². The molecule has 2 aromatic carbocycles. The normalized spacial score (nSPS) is 13.1. The maximum absolute atomic E-state index is 12.6. The van der Waals surface area contributed by atoms with E-state index >= 15 is 0 Å². The molecule has 1 aliphatic heterocycles. The Morgan fingerprint density at radius 2 is 1.83 bits per heavy atom. The van der Waals surface area contributed by atoms with Gasteiger partial charge in [0.15, 0.2) is 17.3 Å². The van der Waals surface area contributed by atoms with E-state index < -0.39 is 0 Å². The molecule has 0 unspecified atom stereocenters. The molecule has 2 heterocycles. The van der Waals surface area contributed by atoms with Gasteiger partial charge in [0.2, 0.25) is 5.78 Å². The van der Waals surface area contributed by atoms with Crippen molar-refractivity contribution in [3.63, 3.8) is 0 Å². The highest BCUT2D eigenvalue weighted by Crippen LogP contribution is 2.32. The summed E-state index contributed by atoms with van der Waals surface area (Å²) in [6.07, 6.45) is 0. The molecule has 0 aliphatic carbocycles. The maximum Gasteiger partial charge on any atom is 0.228 e. The Balaban J connectivity index is 1.71. The fraction of sp³-hybridized carbons (Fsp3) is 0.167. The molecule has 5 nitrogen and oxygen atoms in total. The lowest BCUT2D eigenvalue weighted by molar-refractivity contribution is 0.101. The zero-order chi connectivity index (χ0) is 15.8. The fourth-order valence-electron chi connectivity index (χ4n) is 2.58. The molecule has 0 atom stereocenters. The van der Waals surface area contributed by atoms with Crippen LogP contribution in [0.1, 0.15) is 16.1 Å². The second-order valence-corrected chi connectivity index (χ2v) is 5.20. The van der Waals surface area contributed by atoms with E-state index in [2.05, 4.69) is 0 Å². The number of hydrogen-bond donors (Lipinski definition) is 0. The van der Waals surface area contributed by atoms with Crippen LogP contribution >= 0.6 is 0 Å². The summed E-state index contributed by atoms with van der Waals surface area (Å²) in [6, 6.07) is 12.3. The van der Waals surface area contributed by atoms with E-state index in [1.165, 1.54) is 0 Å². The van der Waals surface area contributed by atoms with Gasteiger partial charge in [0.25, 0.3) is 0 Å². The zero-order valence-corrected chi connectivity index (χ0v) is 12.5. The van der Waals surface area contributed by atoms with Gasteiger partial charge in [0.1, 0.15) is 24.5 Å². The van der Waals surface area contributed by atoms with Crippen molar-refractivity contribution in [2.45, 2.75) is 0 Å². The van der Waals surface area contributed by atoms with Crippen molar-refractivity contribution in [1.29, 1.82) is 0 Å². The fourth-order valence-corrected chi connectivity index (χ4v) is 2.58. The molecule has 1 aliphatic rings. The number of ether oxygens (including phenoxy) is 3. The largest absolute Gasteiger partial charge is 0.497 e. The second kappa shape index (κ2) is 5.35. The van der Waals surface area contributed by atoms with Crippen LogP contribution in [0.25, 0.3) is 11.0 Å². The Labute approximate surface area is 132 Å². The highest BCUT2D eigenvalue weighted by atomic mass is 16.6. The quantitative estimate of drug-likeness (QED) is 0.694. The number of rotatable bonds is 3. The number of methoxy groups -OCH3 is 1. The molecule has 116 valence electrons. The Hall–Kier alpha value is -2.95. The summed E-state index contributed by atoms with van der Waals surface area (Å²) < 4.78 is 21.8. The summed E-state index contributed by atoms with van der Waals surface area (Å²) in [7, 11) is 1.59. The van der Waals surface area contributed by atoms with Crippen LogP contribution in [-0.4, -0.2) is 26.1 Å². The van der Waals surface area contributed by atoms with Gasteiger partial charge < -0.3 is 18.6 Å². The van der Waals surface area contributed by atoms with Gasteiger partial charge in [0, 0.05) is 17.0 Å². The van der Waals surface area contributed by atoms with Gasteiger partial charge in [-0.3, -0.25) is 4.79 Å². The molecule has 0 N–H and O–H groups in total. The summed E-state index contributed by atoms with van der Waals surface area (Å²) in [5.74, 6) is 2.01. The molecule has 0 amide bonds. The van der Waals surface area contributed by atoms with Crippen molar-refractivity contribution < 1.29 is 23.4 Å². The van der Waals surface area contributed by atoms with E-state index in [1.807, 2.05) is 12.1 Å². The smallest absolute Gasteiger partial charge is 0.228 e. The van der Waals surface area contributed by atoms with Crippen molar-refractivity contribution in [2.75, 3.05) is 20.3 Å². The SMILES string of the molecule is COc1ccc2cc(C(=O)c3ccc4c(c3)OCCO4)oc2c1. The van der Waals surface area contributed by atoms with Gasteiger partial charge in [-0.2, -0.15) is 0 Å². The number of furan rings is 1. The van der Waals surface area contributed by atoms with Crippen molar-refractivity contribution in [1.82, 2.24) is 0 Å². The van der Waals surface area contributed by atoms with E-state index in [9.17, 15) is 4.79 Å². The standard InChI is InChI=1S/C18H14O5/c1-20-13-4-2-11-8-17(23-15(11)10-13)18(19)12-3-5-14-16(9-12)22-7-6-21-14/h2-5,8-10H,6-7H2,1H3. The van der Waals surface area contributed by atoms with Gasteiger partial charge in [-0.15, -0.1) is 0 Å². The molecule has 3 aromatic rings. The highest BCUT2D eigenvalue weighted by Gasteiger charge is 2.19. The minimum atomic E-state index is -0.197. The average Bonchev–Trinajstić information content (AvgIpc) is 3.03. The molecule has 1 aromatic heterocycles. The van der Waals surface area contributed by atoms with Crippen LogP contribution < -0.4 is 14.2 Å². The van der Waals surface area contributed by atoms with Crippen LogP contribution in [0.3, 0.4) is 0 Å². The Kier molecular flexibility index (Phi) is 3.19. The minimum Gasteiger partial charge on any atom is -0.497 e. The number of ketones is 1. The van der Waals surface area contributed by atoms with E-state index in [4.69, 9.17) is 18.6 Å². The molecule has 23 heavy (non-hydrogen) atoms. The van der Waals surface area contributed by atoms with Crippen molar-refractivity contribution in [3.05, 3.63) is 53.8 Å². The first-order valence-corrected chi connectivity index (χ1v) is 7.26. The lowest BCUT2D eigenvalue weighted by Gasteiger charge is -2.18. The summed E-state index contributed by atoms with van der Waals surface area (Å²) in [5, 5.41) is 0.853. The van der Waals surface area contributed by atoms with Gasteiger partial charge in [-0.1, -0.05) is 0 Å². The number of carbonyl (C=O) groups is 1. The van der Waals surface area contributed by atoms with Gasteiger partial charge in [-0.25, -0.2) is 0 Å². The van der Waals surface area contributed by atoms with Crippen LogP contribution in [-0.2, 0) is 0 Å². The lowest BCUT2D eigenvalue weighted by atomic mass is 10.1. The van der Waals surface area contributed by atoms with Crippen molar-refractivity contribution in [3.8, 4) is 17.2 Å². The third-order valence-corrected chi connectivity index (χ3v) is 3.76. The first kappa shape index (κ1) is 13.7. The van der Waals surface area contributed by atoms with E-state index in [-0.39, 0.29) is 11.5 Å². The highest BCUT2D eigenvalue weighted by molar-refractivity contribution is 6.09. The van der Waals surface area contributed by atoms with Crippen molar-refractivity contribution in [2.24, 2.45) is 0 Å². The van der Waals surface area contributed by atoms with Crippen molar-refractivity contribution >= 4 is 16.8 Å². The molecule has 0 radical (unpaired) electrons. The Morgan fingerprint density at radius 3 is 2.65 bits per heavy atom. The van der Waals surface area contributed by atoms with Crippen LogP contribution in [0.4, 0.5) is 0 Å². The topological polar surface area (TPSA) is 57.9 Å². The number of hydrogen-bond acceptors (Lipinski definition) is 5. The molecule has 0 bridgehead atoms. The number of carbonyl (C=O) groups excluding carboxylic acids is 1. The van der Waals surface area contributed by atoms with E-state index in [1.54, 1.807) is 37.4 Å². The lowest BCUT2D eigenvalue weighted by Crippen LogP contribution is -2.15. The Bertz CT molecular complexity index is 894. The number of fused-ring (bicyclic) bond motifs is 2.